The van der Waals surface area contributed by atoms with Gasteiger partial charge in [-0.15, -0.1) is 12.8 Å². The second-order valence-electron chi connectivity index (χ2n) is 2.01. The summed E-state index contributed by atoms with van der Waals surface area (Å²) in [5.41, 5.74) is 0. The molecule has 0 saturated carbocycles. The Kier molecular flexibility index (Phi) is 8.46. The Bertz CT molecular complexity index is 143. The van der Waals surface area contributed by atoms with Crippen LogP contribution in [0.3, 0.4) is 0 Å². The molecule has 2 rings (SSSR count). The molecule has 2 aliphatic carbocycles. The summed E-state index contributed by atoms with van der Waals surface area (Å²) in [5.74, 6) is 0. The van der Waals surface area contributed by atoms with Gasteiger partial charge >= 0.3 is 0 Å². The summed E-state index contributed by atoms with van der Waals surface area (Å²) in [6, 6.07) is 0. The molecule has 0 aromatic carbocycles. The normalized spacial score (nSPS) is 16.0. The van der Waals surface area contributed by atoms with Crippen LogP contribution >= 0.6 is 0 Å². The monoisotopic (exact) mass is 296 g/mol. The molecule has 0 aromatic heterocycles. The van der Waals surface area contributed by atoms with E-state index in [-0.39, 0.29) is 37.3 Å². The molecule has 0 radical (unpaired) electrons. The quantitative estimate of drug-likeness (QED) is 0.603. The average molecular weight is 297 g/mol. The van der Waals surface area contributed by atoms with E-state index in [1.54, 1.807) is 0 Å². The van der Waals surface area contributed by atoms with Crippen LogP contribution in [0.4, 0.5) is 0 Å². The number of rotatable bonds is 0. The third kappa shape index (κ3) is 6.60. The van der Waals surface area contributed by atoms with Crippen molar-refractivity contribution in [2.24, 2.45) is 0 Å². The van der Waals surface area contributed by atoms with Crippen molar-refractivity contribution < 1.29 is 37.3 Å². The van der Waals surface area contributed by atoms with E-state index in [9.17, 15) is 0 Å². The first kappa shape index (κ1) is 11.2. The van der Waals surface area contributed by atoms with Crippen molar-refractivity contribution in [1.82, 2.24) is 0 Å². The summed E-state index contributed by atoms with van der Waals surface area (Å²) in [6.45, 7) is 0. The van der Waals surface area contributed by atoms with E-state index in [0.717, 1.165) is 12.8 Å². The molecule has 0 fully saturated rings. The summed E-state index contributed by atoms with van der Waals surface area (Å²) in [6.07, 6.45) is 20.0. The van der Waals surface area contributed by atoms with Crippen LogP contribution in [0.5, 0.6) is 0 Å². The predicted molar refractivity (Wildman–Crippen MR) is 43.1 cm³/mol. The molecule has 1 heteroatoms. The second-order valence-corrected chi connectivity index (χ2v) is 2.01. The first-order valence-corrected chi connectivity index (χ1v) is 3.43. The maximum absolute atomic E-state index is 2.99. The van der Waals surface area contributed by atoms with Crippen molar-refractivity contribution in [3.8, 4) is 0 Å². The fourth-order valence-electron chi connectivity index (χ4n) is 0.680. The largest absolute Gasteiger partial charge is 0.273 e. The summed E-state index contributed by atoms with van der Waals surface area (Å²) in [5, 5.41) is 0. The molecule has 0 amide bonds. The topological polar surface area (TPSA) is 0 Å². The first-order chi connectivity index (χ1) is 5.00. The van der Waals surface area contributed by atoms with Crippen molar-refractivity contribution in [3.63, 3.8) is 0 Å². The van der Waals surface area contributed by atoms with Gasteiger partial charge in [0.05, 0.1) is 0 Å². The van der Waals surface area contributed by atoms with Gasteiger partial charge in [-0.05, 0) is 0 Å². The fraction of sp³-hybridized carbons (Fsp3) is 0.200. The molecule has 0 aromatic rings. The maximum Gasteiger partial charge on any atom is 0 e. The van der Waals surface area contributed by atoms with Gasteiger partial charge in [-0.25, -0.2) is 24.3 Å². The van der Waals surface area contributed by atoms with E-state index < -0.39 is 0 Å². The molecule has 0 heterocycles. The minimum Gasteiger partial charge on any atom is -0.273 e. The second kappa shape index (κ2) is 8.30. The molecule has 0 saturated heterocycles. The van der Waals surface area contributed by atoms with E-state index in [2.05, 4.69) is 24.3 Å². The molecule has 0 nitrogen and oxygen atoms in total. The van der Waals surface area contributed by atoms with Crippen LogP contribution in [0.2, 0.25) is 0 Å². The van der Waals surface area contributed by atoms with E-state index in [0.29, 0.717) is 0 Å². The van der Waals surface area contributed by atoms with Crippen molar-refractivity contribution in [1.29, 1.82) is 0 Å². The Morgan fingerprint density at radius 2 is 1.27 bits per heavy atom. The van der Waals surface area contributed by atoms with Crippen molar-refractivity contribution in [2.75, 3.05) is 0 Å². The molecule has 0 unspecified atom stereocenters. The smallest absolute Gasteiger partial charge is 0 e. The van der Waals surface area contributed by atoms with Gasteiger partial charge in [-0.3, -0.25) is 12.2 Å². The first-order valence-electron chi connectivity index (χ1n) is 3.43. The van der Waals surface area contributed by atoms with Gasteiger partial charge < -0.3 is 0 Å². The van der Waals surface area contributed by atoms with Gasteiger partial charge in [0.2, 0.25) is 0 Å². The van der Waals surface area contributed by atoms with Gasteiger partial charge in [0.1, 0.15) is 0 Å². The van der Waals surface area contributed by atoms with Gasteiger partial charge in [-0.1, -0.05) is 0 Å². The van der Waals surface area contributed by atoms with Gasteiger partial charge in [0.25, 0.3) is 0 Å². The standard InChI is InChI=1S/2C5H5.Er/c2*1-2-4-5-3-1;/h2*1-3H,4H2;/q2*-1;. The summed E-state index contributed by atoms with van der Waals surface area (Å²) in [7, 11) is 0. The fourth-order valence-corrected chi connectivity index (χ4v) is 0.680. The van der Waals surface area contributed by atoms with E-state index in [4.69, 9.17) is 0 Å². The summed E-state index contributed by atoms with van der Waals surface area (Å²) < 4.78 is 0. The van der Waals surface area contributed by atoms with Crippen molar-refractivity contribution >= 4 is 0 Å². The van der Waals surface area contributed by atoms with E-state index in [1.807, 2.05) is 24.3 Å². The molecule has 64 valence electrons. The van der Waals surface area contributed by atoms with Crippen LogP contribution in [-0.4, -0.2) is 0 Å². The molecular formula is C10H10Er-2. The average Bonchev–Trinajstić information content (AvgIpc) is 2.67. The molecule has 0 spiro atoms. The zero-order valence-corrected chi connectivity index (χ0v) is 8.02. The molecular weight excluding hydrogens is 287 g/mol. The maximum atomic E-state index is 2.99. The minimum absolute atomic E-state index is 0. The third-order valence-electron chi connectivity index (χ3n) is 1.17. The Labute approximate surface area is 98.0 Å². The van der Waals surface area contributed by atoms with Crippen LogP contribution in [-0.2, 0) is 0 Å². The Morgan fingerprint density at radius 3 is 1.36 bits per heavy atom. The van der Waals surface area contributed by atoms with E-state index in [1.165, 1.54) is 0 Å². The molecule has 2 aliphatic rings. The molecule has 0 bridgehead atoms. The predicted octanol–water partition coefficient (Wildman–Crippen LogP) is 2.61. The Balaban J connectivity index is 0.000000167. The summed E-state index contributed by atoms with van der Waals surface area (Å²) in [4.78, 5) is 0. The van der Waals surface area contributed by atoms with E-state index >= 15 is 0 Å². The zero-order valence-electron chi connectivity index (χ0n) is 6.17. The molecule has 11 heavy (non-hydrogen) atoms. The zero-order chi connectivity index (χ0) is 7.07. The SMILES string of the molecule is [C-]1=CC=CC1.[C-]1=CC=CC1.[Er]. The van der Waals surface area contributed by atoms with Crippen LogP contribution < -0.4 is 0 Å². The Morgan fingerprint density at radius 1 is 0.818 bits per heavy atom. The van der Waals surface area contributed by atoms with Gasteiger partial charge in [0.15, 0.2) is 0 Å². The van der Waals surface area contributed by atoms with Gasteiger partial charge in [-0.2, -0.15) is 12.2 Å². The van der Waals surface area contributed by atoms with Crippen LogP contribution in [0.15, 0.2) is 36.5 Å². The number of allylic oxidation sites excluding steroid dienone is 8. The van der Waals surface area contributed by atoms with Crippen molar-refractivity contribution in [3.05, 3.63) is 48.6 Å². The van der Waals surface area contributed by atoms with Crippen LogP contribution in [0, 0.1) is 49.5 Å². The third-order valence-corrected chi connectivity index (χ3v) is 1.17. The Hall–Kier alpha value is 0.207. The molecule has 0 N–H and O–H groups in total. The van der Waals surface area contributed by atoms with Gasteiger partial charge in [0, 0.05) is 37.3 Å². The van der Waals surface area contributed by atoms with Crippen molar-refractivity contribution in [2.45, 2.75) is 12.8 Å². The molecule has 0 atom stereocenters. The number of hydrogen-bond acceptors (Lipinski definition) is 0. The minimum atomic E-state index is 0. The van der Waals surface area contributed by atoms with Crippen LogP contribution in [0.25, 0.3) is 0 Å². The number of hydrogen-bond donors (Lipinski definition) is 0. The summed E-state index contributed by atoms with van der Waals surface area (Å²) >= 11 is 0. The molecule has 0 aliphatic heterocycles. The van der Waals surface area contributed by atoms with Crippen LogP contribution in [0.1, 0.15) is 12.8 Å².